The highest BCUT2D eigenvalue weighted by molar-refractivity contribution is 5.93. The lowest BCUT2D eigenvalue weighted by molar-refractivity contribution is -0.144. The SMILES string of the molecule is O=C(COC(=O)/C=C/c1ccc2c(c1)OCCCO2)NNC(=O)c1ccco1. The van der Waals surface area contributed by atoms with Crippen LogP contribution in [0.5, 0.6) is 11.5 Å². The lowest BCUT2D eigenvalue weighted by Crippen LogP contribution is -2.43. The maximum Gasteiger partial charge on any atom is 0.331 e. The Balaban J connectivity index is 1.43. The van der Waals surface area contributed by atoms with Gasteiger partial charge in [0.15, 0.2) is 23.9 Å². The highest BCUT2D eigenvalue weighted by Crippen LogP contribution is 2.30. The van der Waals surface area contributed by atoms with Gasteiger partial charge in [-0.15, -0.1) is 0 Å². The molecule has 0 spiro atoms. The van der Waals surface area contributed by atoms with Crippen LogP contribution in [0.1, 0.15) is 22.5 Å². The highest BCUT2D eigenvalue weighted by Gasteiger charge is 2.11. The van der Waals surface area contributed by atoms with Gasteiger partial charge >= 0.3 is 11.9 Å². The molecule has 1 aromatic heterocycles. The predicted octanol–water partition coefficient (Wildman–Crippen LogP) is 1.46. The summed E-state index contributed by atoms with van der Waals surface area (Å²) in [6, 6.07) is 8.26. The molecule has 1 aliphatic heterocycles. The van der Waals surface area contributed by atoms with Crippen molar-refractivity contribution in [3.8, 4) is 11.5 Å². The molecular formula is C19H18N2O7. The molecule has 146 valence electrons. The van der Waals surface area contributed by atoms with Crippen molar-refractivity contribution in [3.05, 3.63) is 54.0 Å². The van der Waals surface area contributed by atoms with Crippen molar-refractivity contribution >= 4 is 23.9 Å². The van der Waals surface area contributed by atoms with Gasteiger partial charge < -0.3 is 18.6 Å². The van der Waals surface area contributed by atoms with Crippen molar-refractivity contribution in [2.45, 2.75) is 6.42 Å². The molecule has 0 unspecified atom stereocenters. The molecule has 0 saturated heterocycles. The van der Waals surface area contributed by atoms with E-state index in [1.165, 1.54) is 30.5 Å². The summed E-state index contributed by atoms with van der Waals surface area (Å²) in [5, 5.41) is 0. The van der Waals surface area contributed by atoms with E-state index in [4.69, 9.17) is 18.6 Å². The minimum atomic E-state index is -0.709. The van der Waals surface area contributed by atoms with Gasteiger partial charge in [0.25, 0.3) is 5.91 Å². The molecule has 3 rings (SSSR count). The molecule has 1 aliphatic rings. The summed E-state index contributed by atoms with van der Waals surface area (Å²) >= 11 is 0. The van der Waals surface area contributed by atoms with E-state index in [1.807, 2.05) is 0 Å². The number of esters is 1. The third kappa shape index (κ3) is 5.37. The van der Waals surface area contributed by atoms with Crippen molar-refractivity contribution in [1.29, 1.82) is 0 Å². The molecule has 2 heterocycles. The Bertz CT molecular complexity index is 874. The van der Waals surface area contributed by atoms with Crippen LogP contribution in [-0.4, -0.2) is 37.6 Å². The Morgan fingerprint density at radius 3 is 2.68 bits per heavy atom. The number of nitrogens with one attached hydrogen (secondary N) is 2. The minimum absolute atomic E-state index is 0.0374. The van der Waals surface area contributed by atoms with Gasteiger partial charge in [-0.1, -0.05) is 6.07 Å². The number of ether oxygens (including phenoxy) is 3. The first-order chi connectivity index (χ1) is 13.6. The van der Waals surface area contributed by atoms with Gasteiger partial charge in [-0.25, -0.2) is 4.79 Å². The molecule has 2 N–H and O–H groups in total. The van der Waals surface area contributed by atoms with E-state index in [1.54, 1.807) is 18.2 Å². The molecule has 0 fully saturated rings. The van der Waals surface area contributed by atoms with Crippen LogP contribution >= 0.6 is 0 Å². The fourth-order valence-electron chi connectivity index (χ4n) is 2.26. The van der Waals surface area contributed by atoms with Crippen LogP contribution in [0.3, 0.4) is 0 Å². The molecule has 1 aromatic carbocycles. The molecule has 0 atom stereocenters. The van der Waals surface area contributed by atoms with Crippen molar-refractivity contribution in [1.82, 2.24) is 10.9 Å². The molecule has 0 aliphatic carbocycles. The molecular weight excluding hydrogens is 368 g/mol. The number of furan rings is 1. The second-order valence-corrected chi connectivity index (χ2v) is 5.68. The minimum Gasteiger partial charge on any atom is -0.490 e. The maximum absolute atomic E-state index is 11.7. The summed E-state index contributed by atoms with van der Waals surface area (Å²) < 4.78 is 20.8. The standard InChI is InChI=1S/C19H18N2O7/c22-17(20-21-19(24)15-3-1-8-26-15)12-28-18(23)7-5-13-4-6-14-16(11-13)27-10-2-9-25-14/h1,3-8,11H,2,9-10,12H2,(H,20,22)(H,21,24)/b7-5+. The first kappa shape index (κ1) is 19.0. The normalized spacial score (nSPS) is 12.9. The quantitative estimate of drug-likeness (QED) is 0.454. The van der Waals surface area contributed by atoms with Crippen LogP contribution in [0.15, 0.2) is 47.1 Å². The molecule has 9 nitrogen and oxygen atoms in total. The lowest BCUT2D eigenvalue weighted by atomic mass is 10.2. The van der Waals surface area contributed by atoms with Crippen molar-refractivity contribution in [2.75, 3.05) is 19.8 Å². The van der Waals surface area contributed by atoms with Crippen LogP contribution in [0, 0.1) is 0 Å². The fraction of sp³-hybridized carbons (Fsp3) is 0.211. The van der Waals surface area contributed by atoms with Crippen molar-refractivity contribution in [2.24, 2.45) is 0 Å². The Hall–Kier alpha value is -3.75. The average Bonchev–Trinajstić information content (AvgIpc) is 3.14. The first-order valence-electron chi connectivity index (χ1n) is 8.49. The van der Waals surface area contributed by atoms with E-state index in [0.29, 0.717) is 24.7 Å². The number of hydrogen-bond donors (Lipinski definition) is 2. The van der Waals surface area contributed by atoms with E-state index in [0.717, 1.165) is 12.0 Å². The largest absolute Gasteiger partial charge is 0.490 e. The van der Waals surface area contributed by atoms with Gasteiger partial charge in [-0.2, -0.15) is 0 Å². The summed E-state index contributed by atoms with van der Waals surface area (Å²) in [7, 11) is 0. The number of fused-ring (bicyclic) bond motifs is 1. The zero-order valence-electron chi connectivity index (χ0n) is 14.8. The number of benzene rings is 1. The topological polar surface area (TPSA) is 116 Å². The highest BCUT2D eigenvalue weighted by atomic mass is 16.5. The number of rotatable bonds is 5. The number of hydrazine groups is 1. The summed E-state index contributed by atoms with van der Waals surface area (Å²) in [6.07, 6.45) is 4.85. The van der Waals surface area contributed by atoms with Crippen LogP contribution in [0.4, 0.5) is 0 Å². The molecule has 9 heteroatoms. The van der Waals surface area contributed by atoms with Crippen molar-refractivity contribution < 1.29 is 33.0 Å². The van der Waals surface area contributed by atoms with Crippen LogP contribution in [0.25, 0.3) is 6.08 Å². The third-order valence-corrected chi connectivity index (χ3v) is 3.59. The zero-order valence-corrected chi connectivity index (χ0v) is 14.8. The van der Waals surface area contributed by atoms with Gasteiger partial charge in [-0.3, -0.25) is 20.4 Å². The molecule has 2 amide bonds. The summed E-state index contributed by atoms with van der Waals surface area (Å²) in [5.41, 5.74) is 4.96. The summed E-state index contributed by atoms with van der Waals surface area (Å²) in [5.74, 6) is -0.726. The Morgan fingerprint density at radius 2 is 1.89 bits per heavy atom. The van der Waals surface area contributed by atoms with Crippen LogP contribution in [0.2, 0.25) is 0 Å². The smallest absolute Gasteiger partial charge is 0.331 e. The fourth-order valence-corrected chi connectivity index (χ4v) is 2.26. The lowest BCUT2D eigenvalue weighted by Gasteiger charge is -2.07. The monoisotopic (exact) mass is 386 g/mol. The Morgan fingerprint density at radius 1 is 1.07 bits per heavy atom. The van der Waals surface area contributed by atoms with Gasteiger partial charge in [-0.05, 0) is 35.9 Å². The zero-order chi connectivity index (χ0) is 19.8. The van der Waals surface area contributed by atoms with Gasteiger partial charge in [0, 0.05) is 12.5 Å². The Labute approximate surface area is 160 Å². The third-order valence-electron chi connectivity index (χ3n) is 3.59. The number of carbonyl (C=O) groups excluding carboxylic acids is 3. The Kier molecular flexibility index (Phi) is 6.29. The summed E-state index contributed by atoms with van der Waals surface area (Å²) in [4.78, 5) is 34.9. The van der Waals surface area contributed by atoms with Crippen molar-refractivity contribution in [3.63, 3.8) is 0 Å². The number of amides is 2. The van der Waals surface area contributed by atoms with E-state index in [2.05, 4.69) is 10.9 Å². The first-order valence-corrected chi connectivity index (χ1v) is 8.49. The van der Waals surface area contributed by atoms with Gasteiger partial charge in [0.2, 0.25) is 0 Å². The second-order valence-electron chi connectivity index (χ2n) is 5.68. The van der Waals surface area contributed by atoms with E-state index in [9.17, 15) is 14.4 Å². The van der Waals surface area contributed by atoms with Crippen LogP contribution in [-0.2, 0) is 14.3 Å². The predicted molar refractivity (Wildman–Crippen MR) is 96.4 cm³/mol. The molecule has 0 saturated carbocycles. The maximum atomic E-state index is 11.7. The second kappa shape index (κ2) is 9.26. The summed E-state index contributed by atoms with van der Waals surface area (Å²) in [6.45, 7) is 0.606. The molecule has 2 aromatic rings. The average molecular weight is 386 g/mol. The van der Waals surface area contributed by atoms with Crippen LogP contribution < -0.4 is 20.3 Å². The number of carbonyl (C=O) groups is 3. The molecule has 0 radical (unpaired) electrons. The molecule has 28 heavy (non-hydrogen) atoms. The van der Waals surface area contributed by atoms with Gasteiger partial charge in [0.1, 0.15) is 0 Å². The van der Waals surface area contributed by atoms with E-state index >= 15 is 0 Å². The number of hydrogen-bond acceptors (Lipinski definition) is 7. The van der Waals surface area contributed by atoms with E-state index < -0.39 is 24.4 Å². The molecule has 0 bridgehead atoms. The van der Waals surface area contributed by atoms with E-state index in [-0.39, 0.29) is 5.76 Å². The van der Waals surface area contributed by atoms with Gasteiger partial charge in [0.05, 0.1) is 19.5 Å².